The van der Waals surface area contributed by atoms with E-state index in [4.69, 9.17) is 0 Å². The molecule has 5 rings (SSSR count). The van der Waals surface area contributed by atoms with Crippen molar-refractivity contribution in [2.45, 2.75) is 71.0 Å². The molecule has 166 valence electrons. The molecule has 1 unspecified atom stereocenters. The fourth-order valence-electron chi connectivity index (χ4n) is 5.52. The molecule has 0 radical (unpaired) electrons. The molecule has 1 aliphatic carbocycles. The number of hydrogen-bond donors (Lipinski definition) is 1. The first kappa shape index (κ1) is 20.8. The Hall–Kier alpha value is -3.08. The third-order valence-electron chi connectivity index (χ3n) is 7.09. The van der Waals surface area contributed by atoms with E-state index in [-0.39, 0.29) is 17.9 Å². The number of aryl methyl sites for hydroxylation is 2. The van der Waals surface area contributed by atoms with Gasteiger partial charge in [0, 0.05) is 22.6 Å². The summed E-state index contributed by atoms with van der Waals surface area (Å²) in [7, 11) is 0. The van der Waals surface area contributed by atoms with Gasteiger partial charge in [0.15, 0.2) is 0 Å². The van der Waals surface area contributed by atoms with Crippen LogP contribution in [0.1, 0.15) is 60.6 Å². The maximum absolute atomic E-state index is 13.9. The number of benzene rings is 2. The number of fused-ring (bicyclic) bond motifs is 3. The second kappa shape index (κ2) is 7.80. The van der Waals surface area contributed by atoms with Crippen molar-refractivity contribution < 1.29 is 9.59 Å². The summed E-state index contributed by atoms with van der Waals surface area (Å²) >= 11 is 0. The van der Waals surface area contributed by atoms with Crippen LogP contribution >= 0.6 is 0 Å². The van der Waals surface area contributed by atoms with E-state index in [1.54, 1.807) is 4.90 Å². The van der Waals surface area contributed by atoms with E-state index in [1.807, 2.05) is 67.8 Å². The lowest BCUT2D eigenvalue weighted by atomic mass is 9.90. The van der Waals surface area contributed by atoms with Gasteiger partial charge in [-0.15, -0.1) is 0 Å². The Balaban J connectivity index is 1.63. The zero-order valence-electron chi connectivity index (χ0n) is 19.1. The van der Waals surface area contributed by atoms with Gasteiger partial charge in [-0.05, 0) is 69.0 Å². The first-order valence-electron chi connectivity index (χ1n) is 11.7. The topological polar surface area (TPSA) is 54.3 Å². The van der Waals surface area contributed by atoms with Gasteiger partial charge in [-0.25, -0.2) is 0 Å². The van der Waals surface area contributed by atoms with Crippen LogP contribution in [0.4, 0.5) is 5.69 Å². The van der Waals surface area contributed by atoms with Gasteiger partial charge in [0.2, 0.25) is 5.91 Å². The van der Waals surface area contributed by atoms with Gasteiger partial charge in [-0.3, -0.25) is 14.5 Å². The van der Waals surface area contributed by atoms with Crippen LogP contribution in [0.3, 0.4) is 0 Å². The minimum Gasteiger partial charge on any atom is -0.351 e. The SMILES string of the molecule is Cc1cc(C)cc(N2C(=O)c3cc4ccccc4n3CC2(C)C(=O)NC2CCCCC2)c1. The summed E-state index contributed by atoms with van der Waals surface area (Å²) in [6, 6.07) is 16.3. The van der Waals surface area contributed by atoms with Gasteiger partial charge in [0.25, 0.3) is 5.91 Å². The van der Waals surface area contributed by atoms with Gasteiger partial charge in [0.05, 0.1) is 6.54 Å². The number of amides is 2. The molecule has 0 bridgehead atoms. The van der Waals surface area contributed by atoms with Crippen LogP contribution in [-0.4, -0.2) is 28.0 Å². The predicted molar refractivity (Wildman–Crippen MR) is 128 cm³/mol. The number of para-hydroxylation sites is 1. The molecule has 1 fully saturated rings. The highest BCUT2D eigenvalue weighted by Crippen LogP contribution is 2.37. The normalized spacial score (nSPS) is 21.6. The molecule has 2 heterocycles. The second-order valence-corrected chi connectivity index (χ2v) is 9.74. The number of hydrogen-bond acceptors (Lipinski definition) is 2. The summed E-state index contributed by atoms with van der Waals surface area (Å²) in [4.78, 5) is 29.5. The number of nitrogens with one attached hydrogen (secondary N) is 1. The zero-order valence-corrected chi connectivity index (χ0v) is 19.1. The highest BCUT2D eigenvalue weighted by molar-refractivity contribution is 6.14. The minimum absolute atomic E-state index is 0.0691. The van der Waals surface area contributed by atoms with Crippen molar-refractivity contribution in [2.24, 2.45) is 0 Å². The molecule has 5 nitrogen and oxygen atoms in total. The van der Waals surface area contributed by atoms with Crippen LogP contribution in [0.25, 0.3) is 10.9 Å². The Bertz CT molecular complexity index is 1180. The molecule has 1 atom stereocenters. The molecule has 1 saturated carbocycles. The average molecular weight is 430 g/mol. The zero-order chi connectivity index (χ0) is 22.5. The third kappa shape index (κ3) is 3.40. The first-order valence-corrected chi connectivity index (χ1v) is 11.7. The monoisotopic (exact) mass is 429 g/mol. The highest BCUT2D eigenvalue weighted by atomic mass is 16.2. The molecule has 2 aliphatic rings. The van der Waals surface area contributed by atoms with Crippen LogP contribution in [0, 0.1) is 13.8 Å². The van der Waals surface area contributed by atoms with Crippen molar-refractivity contribution >= 4 is 28.4 Å². The van der Waals surface area contributed by atoms with E-state index in [2.05, 4.69) is 11.4 Å². The van der Waals surface area contributed by atoms with Gasteiger partial charge >= 0.3 is 0 Å². The molecule has 1 aliphatic heterocycles. The molecule has 3 aromatic rings. The summed E-state index contributed by atoms with van der Waals surface area (Å²) < 4.78 is 2.03. The lowest BCUT2D eigenvalue weighted by Gasteiger charge is -2.45. The van der Waals surface area contributed by atoms with E-state index in [0.29, 0.717) is 12.2 Å². The van der Waals surface area contributed by atoms with E-state index < -0.39 is 5.54 Å². The lowest BCUT2D eigenvalue weighted by Crippen LogP contribution is -2.65. The van der Waals surface area contributed by atoms with Crippen LogP contribution in [0.5, 0.6) is 0 Å². The Labute approximate surface area is 189 Å². The number of nitrogens with zero attached hydrogens (tertiary/aromatic N) is 2. The molecule has 1 N–H and O–H groups in total. The standard InChI is InChI=1S/C27H31N3O2/c1-18-13-19(2)15-22(14-18)30-25(31)24-16-20-9-7-8-12-23(20)29(24)17-27(30,3)26(32)28-21-10-5-4-6-11-21/h7-9,12-16,21H,4-6,10-11,17H2,1-3H3,(H,28,32). The van der Waals surface area contributed by atoms with Crippen molar-refractivity contribution in [1.82, 2.24) is 9.88 Å². The molecule has 2 aromatic carbocycles. The number of rotatable bonds is 3. The first-order chi connectivity index (χ1) is 15.4. The van der Waals surface area contributed by atoms with Crippen LogP contribution in [0.2, 0.25) is 0 Å². The van der Waals surface area contributed by atoms with Gasteiger partial charge in [-0.2, -0.15) is 0 Å². The van der Waals surface area contributed by atoms with Gasteiger partial charge in [-0.1, -0.05) is 43.5 Å². The largest absolute Gasteiger partial charge is 0.351 e. The Morgan fingerprint density at radius 3 is 2.41 bits per heavy atom. The van der Waals surface area contributed by atoms with Gasteiger partial charge < -0.3 is 9.88 Å². The molecular formula is C27H31N3O2. The molecule has 2 amide bonds. The quantitative estimate of drug-likeness (QED) is 0.628. The third-order valence-corrected chi connectivity index (χ3v) is 7.09. The highest BCUT2D eigenvalue weighted by Gasteiger charge is 2.49. The molecule has 32 heavy (non-hydrogen) atoms. The van der Waals surface area contributed by atoms with Crippen LogP contribution in [-0.2, 0) is 11.3 Å². The summed E-state index contributed by atoms with van der Waals surface area (Å²) in [5.41, 5.74) is 3.54. The Morgan fingerprint density at radius 1 is 1.00 bits per heavy atom. The lowest BCUT2D eigenvalue weighted by molar-refractivity contribution is -0.127. The fourth-order valence-corrected chi connectivity index (χ4v) is 5.52. The molecule has 5 heteroatoms. The maximum Gasteiger partial charge on any atom is 0.275 e. The molecule has 1 aromatic heterocycles. The van der Waals surface area contributed by atoms with Crippen molar-refractivity contribution in [3.05, 3.63) is 65.4 Å². The van der Waals surface area contributed by atoms with E-state index in [9.17, 15) is 9.59 Å². The molecule has 0 spiro atoms. The summed E-state index contributed by atoms with van der Waals surface area (Å²) in [5, 5.41) is 4.32. The number of anilines is 1. The molecular weight excluding hydrogens is 398 g/mol. The fraction of sp³-hybridized carbons (Fsp3) is 0.407. The van der Waals surface area contributed by atoms with Crippen molar-refractivity contribution in [3.63, 3.8) is 0 Å². The summed E-state index contributed by atoms with van der Waals surface area (Å²) in [6.45, 7) is 6.40. The van der Waals surface area contributed by atoms with E-state index in [1.165, 1.54) is 6.42 Å². The van der Waals surface area contributed by atoms with Crippen molar-refractivity contribution in [2.75, 3.05) is 4.90 Å². The number of aromatic nitrogens is 1. The second-order valence-electron chi connectivity index (χ2n) is 9.74. The minimum atomic E-state index is -1.02. The van der Waals surface area contributed by atoms with E-state index >= 15 is 0 Å². The summed E-state index contributed by atoms with van der Waals surface area (Å²) in [5.74, 6) is -0.195. The van der Waals surface area contributed by atoms with E-state index in [0.717, 1.165) is 53.4 Å². The van der Waals surface area contributed by atoms with Crippen LogP contribution < -0.4 is 10.2 Å². The summed E-state index contributed by atoms with van der Waals surface area (Å²) in [6.07, 6.45) is 5.55. The average Bonchev–Trinajstić information content (AvgIpc) is 3.12. The smallest absolute Gasteiger partial charge is 0.275 e. The van der Waals surface area contributed by atoms with Crippen LogP contribution in [0.15, 0.2) is 48.5 Å². The Kier molecular flexibility index (Phi) is 5.07. The maximum atomic E-state index is 13.9. The van der Waals surface area contributed by atoms with Crippen molar-refractivity contribution in [1.29, 1.82) is 0 Å². The van der Waals surface area contributed by atoms with Gasteiger partial charge in [0.1, 0.15) is 11.2 Å². The number of carbonyl (C=O) groups is 2. The van der Waals surface area contributed by atoms with Crippen molar-refractivity contribution in [3.8, 4) is 0 Å². The Morgan fingerprint density at radius 2 is 1.69 bits per heavy atom. The molecule has 0 saturated heterocycles. The predicted octanol–water partition coefficient (Wildman–Crippen LogP) is 5.13. The number of carbonyl (C=O) groups excluding carboxylic acids is 2.